The van der Waals surface area contributed by atoms with E-state index in [0.29, 0.717) is 22.6 Å². The Morgan fingerprint density at radius 3 is 2.48 bits per heavy atom. The highest BCUT2D eigenvalue weighted by Gasteiger charge is 2.39. The summed E-state index contributed by atoms with van der Waals surface area (Å²) in [6, 6.07) is 5.32. The maximum absolute atomic E-state index is 14.9. The number of hydrogen-bond donors (Lipinski definition) is 3. The minimum absolute atomic E-state index is 0.00770. The summed E-state index contributed by atoms with van der Waals surface area (Å²) in [4.78, 5) is 18.1. The lowest BCUT2D eigenvalue weighted by Gasteiger charge is -2.48. The van der Waals surface area contributed by atoms with Gasteiger partial charge in [-0.2, -0.15) is 4.98 Å². The van der Waals surface area contributed by atoms with Gasteiger partial charge < -0.3 is 21.3 Å². The Morgan fingerprint density at radius 1 is 1.13 bits per heavy atom. The number of anilines is 4. The first-order chi connectivity index (χ1) is 15.0. The molecule has 1 aromatic heterocycles. The summed E-state index contributed by atoms with van der Waals surface area (Å²) in [6.45, 7) is 1.81. The molecular formula is C22H28FN7O. The van der Waals surface area contributed by atoms with Crippen molar-refractivity contribution in [3.8, 4) is 0 Å². The molecule has 1 spiro atoms. The fourth-order valence-corrected chi connectivity index (χ4v) is 4.76. The summed E-state index contributed by atoms with van der Waals surface area (Å²) in [6.07, 6.45) is 9.44. The molecule has 31 heavy (non-hydrogen) atoms. The monoisotopic (exact) mass is 425 g/mol. The van der Waals surface area contributed by atoms with E-state index in [-0.39, 0.29) is 23.5 Å². The number of carbonyl (C=O) groups excluding carboxylic acids is 1. The van der Waals surface area contributed by atoms with E-state index < -0.39 is 5.91 Å². The van der Waals surface area contributed by atoms with Gasteiger partial charge in [-0.3, -0.25) is 4.79 Å². The zero-order valence-corrected chi connectivity index (χ0v) is 17.5. The maximum atomic E-state index is 14.9. The fraction of sp³-hybridized carbons (Fsp3) is 0.545. The van der Waals surface area contributed by atoms with E-state index in [0.717, 1.165) is 45.2 Å². The van der Waals surface area contributed by atoms with E-state index in [4.69, 9.17) is 5.73 Å². The van der Waals surface area contributed by atoms with E-state index in [1.165, 1.54) is 25.3 Å². The van der Waals surface area contributed by atoms with Crippen LogP contribution in [0, 0.1) is 11.2 Å². The normalized spacial score (nSPS) is 20.1. The molecule has 0 atom stereocenters. The van der Waals surface area contributed by atoms with Crippen LogP contribution in [0.5, 0.6) is 0 Å². The van der Waals surface area contributed by atoms with Crippen LogP contribution in [0.4, 0.5) is 27.5 Å². The lowest BCUT2D eigenvalue weighted by Crippen LogP contribution is -2.43. The Kier molecular flexibility index (Phi) is 5.11. The number of nitrogens with one attached hydrogen (secondary N) is 2. The van der Waals surface area contributed by atoms with Crippen LogP contribution >= 0.6 is 0 Å². The lowest BCUT2D eigenvalue weighted by molar-refractivity contribution is 0.0953. The third-order valence-corrected chi connectivity index (χ3v) is 7.15. The van der Waals surface area contributed by atoms with Crippen LogP contribution in [0.2, 0.25) is 0 Å². The van der Waals surface area contributed by atoms with E-state index in [9.17, 15) is 9.18 Å². The zero-order valence-electron chi connectivity index (χ0n) is 17.5. The SMILES string of the molecule is NC(=O)c1nnc(Nc2ccc(N3CCC4(CCC4)CC3)c(F)c2)nc1NC1CCC1. The van der Waals surface area contributed by atoms with Gasteiger partial charge in [0.05, 0.1) is 5.69 Å². The second-order valence-corrected chi connectivity index (χ2v) is 9.10. The molecule has 0 unspecified atom stereocenters. The van der Waals surface area contributed by atoms with Gasteiger partial charge in [-0.15, -0.1) is 10.2 Å². The minimum atomic E-state index is -0.686. The summed E-state index contributed by atoms with van der Waals surface area (Å²) in [5.41, 5.74) is 7.09. The van der Waals surface area contributed by atoms with Crippen molar-refractivity contribution in [1.29, 1.82) is 0 Å². The largest absolute Gasteiger partial charge is 0.369 e. The predicted octanol–water partition coefficient (Wildman–Crippen LogP) is 3.59. The first kappa shape index (κ1) is 20.0. The van der Waals surface area contributed by atoms with Crippen molar-refractivity contribution >= 4 is 29.0 Å². The van der Waals surface area contributed by atoms with E-state index in [2.05, 4.69) is 30.7 Å². The lowest BCUT2D eigenvalue weighted by atomic mass is 9.63. The number of primary amides is 1. The molecule has 0 bridgehead atoms. The topological polar surface area (TPSA) is 109 Å². The number of amides is 1. The standard InChI is InChI=1S/C22H28FN7O/c23-16-13-15(5-6-17(16)30-11-9-22(10-12-30)7-2-8-22)26-21-27-20(25-14-3-1-4-14)18(19(24)31)28-29-21/h5-6,13-14H,1-4,7-12H2,(H2,24,31)(H2,25,26,27,29). The van der Waals surface area contributed by atoms with Crippen LogP contribution in [0.15, 0.2) is 18.2 Å². The molecule has 2 aromatic rings. The molecule has 4 N–H and O–H groups in total. The first-order valence-corrected chi connectivity index (χ1v) is 11.1. The number of benzene rings is 1. The molecule has 164 valence electrons. The van der Waals surface area contributed by atoms with Crippen LogP contribution in [0.3, 0.4) is 0 Å². The number of halogens is 1. The van der Waals surface area contributed by atoms with Gasteiger partial charge >= 0.3 is 0 Å². The van der Waals surface area contributed by atoms with Crippen molar-refractivity contribution in [3.63, 3.8) is 0 Å². The minimum Gasteiger partial charge on any atom is -0.369 e. The second-order valence-electron chi connectivity index (χ2n) is 9.10. The molecule has 1 amide bonds. The number of piperidine rings is 1. The zero-order chi connectivity index (χ0) is 21.4. The Balaban J connectivity index is 1.29. The summed E-state index contributed by atoms with van der Waals surface area (Å²) in [7, 11) is 0. The average molecular weight is 426 g/mol. The third kappa shape index (κ3) is 4.00. The predicted molar refractivity (Wildman–Crippen MR) is 117 cm³/mol. The highest BCUT2D eigenvalue weighted by molar-refractivity contribution is 5.95. The molecule has 2 heterocycles. The van der Waals surface area contributed by atoms with Gasteiger partial charge in [-0.1, -0.05) is 6.42 Å². The van der Waals surface area contributed by atoms with Crippen molar-refractivity contribution in [2.75, 3.05) is 28.6 Å². The number of rotatable bonds is 6. The summed E-state index contributed by atoms with van der Waals surface area (Å²) in [5.74, 6) is -0.466. The molecule has 3 aliphatic rings. The van der Waals surface area contributed by atoms with Crippen LogP contribution in [-0.4, -0.2) is 40.2 Å². The average Bonchev–Trinajstić information content (AvgIpc) is 2.70. The van der Waals surface area contributed by atoms with Gasteiger partial charge in [0, 0.05) is 24.8 Å². The molecule has 1 aromatic carbocycles. The molecule has 0 radical (unpaired) electrons. The number of nitrogens with two attached hydrogens (primary N) is 1. The third-order valence-electron chi connectivity index (χ3n) is 7.15. The smallest absolute Gasteiger partial charge is 0.273 e. The van der Waals surface area contributed by atoms with Crippen molar-refractivity contribution in [3.05, 3.63) is 29.7 Å². The molecule has 1 saturated heterocycles. The molecule has 3 fully saturated rings. The molecular weight excluding hydrogens is 397 g/mol. The fourth-order valence-electron chi connectivity index (χ4n) is 4.76. The van der Waals surface area contributed by atoms with Crippen LogP contribution in [0.1, 0.15) is 61.9 Å². The highest BCUT2D eigenvalue weighted by Crippen LogP contribution is 2.49. The Morgan fingerprint density at radius 2 is 1.90 bits per heavy atom. The van der Waals surface area contributed by atoms with Gasteiger partial charge in [0.15, 0.2) is 11.5 Å². The van der Waals surface area contributed by atoms with Crippen molar-refractivity contribution < 1.29 is 9.18 Å². The van der Waals surface area contributed by atoms with Gasteiger partial charge in [0.2, 0.25) is 5.95 Å². The summed E-state index contributed by atoms with van der Waals surface area (Å²) in [5, 5.41) is 14.0. The van der Waals surface area contributed by atoms with E-state index >= 15 is 0 Å². The number of hydrogen-bond acceptors (Lipinski definition) is 7. The molecule has 1 aliphatic heterocycles. The molecule has 8 nitrogen and oxygen atoms in total. The molecule has 2 saturated carbocycles. The van der Waals surface area contributed by atoms with Crippen molar-refractivity contribution in [1.82, 2.24) is 15.2 Å². The molecule has 2 aliphatic carbocycles. The van der Waals surface area contributed by atoms with Crippen molar-refractivity contribution in [2.24, 2.45) is 11.1 Å². The Labute approximate surface area is 180 Å². The van der Waals surface area contributed by atoms with E-state index in [1.54, 1.807) is 6.07 Å². The second kappa shape index (κ2) is 7.94. The molecule has 5 rings (SSSR count). The first-order valence-electron chi connectivity index (χ1n) is 11.1. The Bertz CT molecular complexity index is 980. The number of carbonyl (C=O) groups is 1. The Hall–Kier alpha value is -2.97. The van der Waals surface area contributed by atoms with Gasteiger partial charge in [0.25, 0.3) is 5.91 Å². The number of nitrogens with zero attached hydrogens (tertiary/aromatic N) is 4. The van der Waals surface area contributed by atoms with Gasteiger partial charge in [-0.05, 0) is 68.6 Å². The van der Waals surface area contributed by atoms with Crippen molar-refractivity contribution in [2.45, 2.75) is 57.4 Å². The van der Waals surface area contributed by atoms with Gasteiger partial charge in [-0.25, -0.2) is 4.39 Å². The highest BCUT2D eigenvalue weighted by atomic mass is 19.1. The van der Waals surface area contributed by atoms with E-state index in [1.807, 2.05) is 6.07 Å². The summed E-state index contributed by atoms with van der Waals surface area (Å²) < 4.78 is 14.9. The summed E-state index contributed by atoms with van der Waals surface area (Å²) >= 11 is 0. The van der Waals surface area contributed by atoms with Crippen LogP contribution < -0.4 is 21.3 Å². The van der Waals surface area contributed by atoms with Crippen LogP contribution in [-0.2, 0) is 0 Å². The molecule has 9 heteroatoms. The van der Waals surface area contributed by atoms with Crippen LogP contribution in [0.25, 0.3) is 0 Å². The van der Waals surface area contributed by atoms with Gasteiger partial charge in [0.1, 0.15) is 5.82 Å². The maximum Gasteiger partial charge on any atom is 0.273 e. The number of aromatic nitrogens is 3. The quantitative estimate of drug-likeness (QED) is 0.649.